The fourth-order valence-electron chi connectivity index (χ4n) is 2.28. The van der Waals surface area contributed by atoms with Crippen molar-refractivity contribution in [1.29, 1.82) is 0 Å². The maximum atomic E-state index is 12.1. The van der Waals surface area contributed by atoms with Crippen molar-refractivity contribution in [2.75, 3.05) is 19.6 Å². The Kier molecular flexibility index (Phi) is 5.81. The summed E-state index contributed by atoms with van der Waals surface area (Å²) in [4.78, 5) is 14.1. The SMILES string of the molecule is CCC(CN)CC(=O)N1CCCC(C)CC1. The summed E-state index contributed by atoms with van der Waals surface area (Å²) in [6, 6.07) is 0. The first kappa shape index (κ1) is 13.5. The highest BCUT2D eigenvalue weighted by atomic mass is 16.2. The van der Waals surface area contributed by atoms with E-state index in [1.54, 1.807) is 0 Å². The number of carbonyl (C=O) groups is 1. The molecule has 0 aromatic rings. The molecule has 0 aliphatic carbocycles. The quantitative estimate of drug-likeness (QED) is 0.797. The van der Waals surface area contributed by atoms with Gasteiger partial charge in [0.1, 0.15) is 0 Å². The topological polar surface area (TPSA) is 46.3 Å². The summed E-state index contributed by atoms with van der Waals surface area (Å²) >= 11 is 0. The molecule has 0 saturated carbocycles. The van der Waals surface area contributed by atoms with Gasteiger partial charge in [-0.25, -0.2) is 0 Å². The van der Waals surface area contributed by atoms with E-state index in [0.717, 1.165) is 38.3 Å². The smallest absolute Gasteiger partial charge is 0.222 e. The van der Waals surface area contributed by atoms with Gasteiger partial charge in [0.25, 0.3) is 0 Å². The largest absolute Gasteiger partial charge is 0.343 e. The number of rotatable bonds is 4. The molecular formula is C13H26N2O. The molecule has 2 N–H and O–H groups in total. The minimum Gasteiger partial charge on any atom is -0.343 e. The van der Waals surface area contributed by atoms with Crippen LogP contribution in [0, 0.1) is 11.8 Å². The molecule has 1 aliphatic rings. The monoisotopic (exact) mass is 226 g/mol. The Balaban J connectivity index is 2.40. The van der Waals surface area contributed by atoms with Gasteiger partial charge in [0.2, 0.25) is 5.91 Å². The molecule has 2 atom stereocenters. The lowest BCUT2D eigenvalue weighted by molar-refractivity contribution is -0.132. The Hall–Kier alpha value is -0.570. The number of carbonyl (C=O) groups excluding carboxylic acids is 1. The molecule has 1 fully saturated rings. The van der Waals surface area contributed by atoms with Crippen molar-refractivity contribution in [1.82, 2.24) is 4.90 Å². The van der Waals surface area contributed by atoms with Crippen molar-refractivity contribution >= 4 is 5.91 Å². The van der Waals surface area contributed by atoms with E-state index in [9.17, 15) is 4.79 Å². The second kappa shape index (κ2) is 6.89. The standard InChI is InChI=1S/C13H26N2O/c1-3-12(10-14)9-13(16)15-7-4-5-11(2)6-8-15/h11-12H,3-10,14H2,1-2H3. The lowest BCUT2D eigenvalue weighted by Gasteiger charge is -2.22. The van der Waals surface area contributed by atoms with Crippen molar-refractivity contribution in [3.05, 3.63) is 0 Å². The van der Waals surface area contributed by atoms with Gasteiger partial charge in [-0.1, -0.05) is 20.3 Å². The number of amides is 1. The fraction of sp³-hybridized carbons (Fsp3) is 0.923. The van der Waals surface area contributed by atoms with Crippen LogP contribution in [-0.4, -0.2) is 30.4 Å². The van der Waals surface area contributed by atoms with Crippen LogP contribution in [0.4, 0.5) is 0 Å². The molecule has 2 unspecified atom stereocenters. The van der Waals surface area contributed by atoms with Gasteiger partial charge in [-0.15, -0.1) is 0 Å². The Morgan fingerprint density at radius 1 is 1.44 bits per heavy atom. The summed E-state index contributed by atoms with van der Waals surface area (Å²) < 4.78 is 0. The zero-order chi connectivity index (χ0) is 12.0. The number of likely N-dealkylation sites (tertiary alicyclic amines) is 1. The minimum atomic E-state index is 0.311. The highest BCUT2D eigenvalue weighted by molar-refractivity contribution is 5.76. The van der Waals surface area contributed by atoms with E-state index in [1.807, 2.05) is 4.90 Å². The predicted molar refractivity (Wildman–Crippen MR) is 67.0 cm³/mol. The summed E-state index contributed by atoms with van der Waals surface area (Å²) in [6.45, 7) is 6.91. The molecule has 0 aromatic carbocycles. The third-order valence-corrected chi connectivity index (χ3v) is 3.74. The van der Waals surface area contributed by atoms with Crippen molar-refractivity contribution in [3.63, 3.8) is 0 Å². The Bertz CT molecular complexity index is 214. The van der Waals surface area contributed by atoms with E-state index < -0.39 is 0 Å². The van der Waals surface area contributed by atoms with Crippen molar-refractivity contribution in [2.45, 2.75) is 46.0 Å². The molecule has 1 heterocycles. The molecule has 94 valence electrons. The van der Waals surface area contributed by atoms with Crippen LogP contribution in [0.1, 0.15) is 46.0 Å². The summed E-state index contributed by atoms with van der Waals surface area (Å²) in [5.74, 6) is 1.45. The lowest BCUT2D eigenvalue weighted by atomic mass is 10.0. The second-order valence-electron chi connectivity index (χ2n) is 5.13. The molecule has 0 radical (unpaired) electrons. The molecule has 1 aliphatic heterocycles. The summed E-state index contributed by atoms with van der Waals surface area (Å²) in [5.41, 5.74) is 5.64. The normalized spacial score (nSPS) is 23.9. The summed E-state index contributed by atoms with van der Waals surface area (Å²) in [7, 11) is 0. The fourth-order valence-corrected chi connectivity index (χ4v) is 2.28. The van der Waals surface area contributed by atoms with E-state index in [4.69, 9.17) is 5.73 Å². The van der Waals surface area contributed by atoms with Crippen LogP contribution in [-0.2, 0) is 4.79 Å². The van der Waals surface area contributed by atoms with Gasteiger partial charge in [-0.2, -0.15) is 0 Å². The van der Waals surface area contributed by atoms with E-state index in [-0.39, 0.29) is 0 Å². The molecule has 1 rings (SSSR count). The van der Waals surface area contributed by atoms with E-state index in [1.165, 1.54) is 6.42 Å². The molecule has 0 bridgehead atoms. The maximum Gasteiger partial charge on any atom is 0.222 e. The van der Waals surface area contributed by atoms with Crippen molar-refractivity contribution in [2.24, 2.45) is 17.6 Å². The number of nitrogens with two attached hydrogens (primary N) is 1. The van der Waals surface area contributed by atoms with Crippen LogP contribution in [0.2, 0.25) is 0 Å². The second-order valence-corrected chi connectivity index (χ2v) is 5.13. The van der Waals surface area contributed by atoms with E-state index in [0.29, 0.717) is 24.8 Å². The number of nitrogens with zero attached hydrogens (tertiary/aromatic N) is 1. The van der Waals surface area contributed by atoms with Crippen LogP contribution in [0.5, 0.6) is 0 Å². The van der Waals surface area contributed by atoms with Crippen molar-refractivity contribution < 1.29 is 4.79 Å². The van der Waals surface area contributed by atoms with Crippen LogP contribution in [0.3, 0.4) is 0 Å². The number of hydrogen-bond donors (Lipinski definition) is 1. The minimum absolute atomic E-state index is 0.311. The van der Waals surface area contributed by atoms with Crippen molar-refractivity contribution in [3.8, 4) is 0 Å². The zero-order valence-electron chi connectivity index (χ0n) is 10.7. The predicted octanol–water partition coefficient (Wildman–Crippen LogP) is 2.01. The Morgan fingerprint density at radius 2 is 2.19 bits per heavy atom. The summed E-state index contributed by atoms with van der Waals surface area (Å²) in [5, 5.41) is 0. The average Bonchev–Trinajstić information content (AvgIpc) is 2.50. The first-order valence-electron chi connectivity index (χ1n) is 6.65. The maximum absolute atomic E-state index is 12.1. The molecule has 0 spiro atoms. The van der Waals surface area contributed by atoms with Gasteiger partial charge >= 0.3 is 0 Å². The van der Waals surface area contributed by atoms with Gasteiger partial charge < -0.3 is 10.6 Å². The van der Waals surface area contributed by atoms with E-state index >= 15 is 0 Å². The lowest BCUT2D eigenvalue weighted by Crippen LogP contribution is -2.34. The molecule has 16 heavy (non-hydrogen) atoms. The van der Waals surface area contributed by atoms with Gasteiger partial charge in [-0.05, 0) is 37.6 Å². The molecule has 1 saturated heterocycles. The zero-order valence-corrected chi connectivity index (χ0v) is 10.7. The highest BCUT2D eigenvalue weighted by Crippen LogP contribution is 2.18. The first-order valence-corrected chi connectivity index (χ1v) is 6.65. The number of hydrogen-bond acceptors (Lipinski definition) is 2. The van der Waals surface area contributed by atoms with Crippen LogP contribution >= 0.6 is 0 Å². The van der Waals surface area contributed by atoms with Gasteiger partial charge in [0, 0.05) is 19.5 Å². The molecular weight excluding hydrogens is 200 g/mol. The Morgan fingerprint density at radius 3 is 2.81 bits per heavy atom. The molecule has 3 heteroatoms. The van der Waals surface area contributed by atoms with Crippen LogP contribution < -0.4 is 5.73 Å². The molecule has 3 nitrogen and oxygen atoms in total. The van der Waals surface area contributed by atoms with Gasteiger partial charge in [0.05, 0.1) is 0 Å². The van der Waals surface area contributed by atoms with Gasteiger partial charge in [0.15, 0.2) is 0 Å². The first-order chi connectivity index (χ1) is 7.67. The Labute approximate surface area is 99.4 Å². The summed E-state index contributed by atoms with van der Waals surface area (Å²) in [6.07, 6.45) is 5.23. The average molecular weight is 226 g/mol. The van der Waals surface area contributed by atoms with E-state index in [2.05, 4.69) is 13.8 Å². The molecule has 1 amide bonds. The van der Waals surface area contributed by atoms with Crippen LogP contribution in [0.25, 0.3) is 0 Å². The van der Waals surface area contributed by atoms with Crippen LogP contribution in [0.15, 0.2) is 0 Å². The molecule has 0 aromatic heterocycles. The third-order valence-electron chi connectivity index (χ3n) is 3.74. The third kappa shape index (κ3) is 4.12. The highest BCUT2D eigenvalue weighted by Gasteiger charge is 2.20. The van der Waals surface area contributed by atoms with Gasteiger partial charge in [-0.3, -0.25) is 4.79 Å².